The molecular formula is C15H24O4S. The van der Waals surface area contributed by atoms with Crippen LogP contribution in [-0.4, -0.2) is 23.8 Å². The zero-order valence-corrected chi connectivity index (χ0v) is 12.6. The molecule has 20 heavy (non-hydrogen) atoms. The van der Waals surface area contributed by atoms with E-state index in [0.717, 1.165) is 50.5 Å². The van der Waals surface area contributed by atoms with Gasteiger partial charge in [0.25, 0.3) is 10.1 Å². The second kappa shape index (κ2) is 8.97. The summed E-state index contributed by atoms with van der Waals surface area (Å²) in [6.45, 7) is 0. The zero-order valence-electron chi connectivity index (χ0n) is 11.8. The average Bonchev–Trinajstić information content (AvgIpc) is 2.37. The SMILES string of the molecule is O=S(=O)(O)CCCCCCCCCc1ccccc1O. The minimum Gasteiger partial charge on any atom is -0.508 e. The molecule has 0 amide bonds. The standard InChI is InChI=1S/C15H24O4S/c16-15-12-8-7-11-14(15)10-6-4-2-1-3-5-9-13-20(17,18)19/h7-8,11-12,16H,1-6,9-10,13H2,(H,17,18,19). The molecule has 1 aromatic rings. The molecule has 0 saturated carbocycles. The number of rotatable bonds is 10. The Morgan fingerprint density at radius 3 is 2.00 bits per heavy atom. The number of hydrogen-bond acceptors (Lipinski definition) is 3. The van der Waals surface area contributed by atoms with Gasteiger partial charge in [-0.2, -0.15) is 8.42 Å². The summed E-state index contributed by atoms with van der Waals surface area (Å²) in [6.07, 6.45) is 7.68. The van der Waals surface area contributed by atoms with Gasteiger partial charge in [0.05, 0.1) is 5.75 Å². The van der Waals surface area contributed by atoms with Crippen molar-refractivity contribution in [3.05, 3.63) is 29.8 Å². The van der Waals surface area contributed by atoms with E-state index in [-0.39, 0.29) is 5.75 Å². The number of para-hydroxylation sites is 1. The van der Waals surface area contributed by atoms with Gasteiger partial charge in [0, 0.05) is 0 Å². The van der Waals surface area contributed by atoms with Crippen molar-refractivity contribution in [2.75, 3.05) is 5.75 Å². The maximum Gasteiger partial charge on any atom is 0.264 e. The van der Waals surface area contributed by atoms with Crippen LogP contribution in [0.5, 0.6) is 5.75 Å². The molecule has 1 rings (SSSR count). The fourth-order valence-electron chi connectivity index (χ4n) is 2.21. The summed E-state index contributed by atoms with van der Waals surface area (Å²) >= 11 is 0. The second-order valence-corrected chi connectivity index (χ2v) is 6.71. The molecule has 0 atom stereocenters. The lowest BCUT2D eigenvalue weighted by molar-refractivity contribution is 0.465. The lowest BCUT2D eigenvalue weighted by atomic mass is 10.0. The number of phenols is 1. The summed E-state index contributed by atoms with van der Waals surface area (Å²) in [5.74, 6) is 0.248. The van der Waals surface area contributed by atoms with Crippen LogP contribution in [0, 0.1) is 0 Å². The summed E-state index contributed by atoms with van der Waals surface area (Å²) in [7, 11) is -3.78. The first-order chi connectivity index (χ1) is 9.49. The van der Waals surface area contributed by atoms with Crippen LogP contribution in [0.15, 0.2) is 24.3 Å². The Morgan fingerprint density at radius 2 is 1.40 bits per heavy atom. The summed E-state index contributed by atoms with van der Waals surface area (Å²) < 4.78 is 29.6. The number of aryl methyl sites for hydroxylation is 1. The molecule has 0 bridgehead atoms. The second-order valence-electron chi connectivity index (χ2n) is 5.14. The van der Waals surface area contributed by atoms with E-state index in [1.54, 1.807) is 6.07 Å². The zero-order chi connectivity index (χ0) is 14.8. The Morgan fingerprint density at radius 1 is 0.850 bits per heavy atom. The summed E-state index contributed by atoms with van der Waals surface area (Å²) in [5.41, 5.74) is 1.00. The highest BCUT2D eigenvalue weighted by atomic mass is 32.2. The maximum absolute atomic E-state index is 10.5. The highest BCUT2D eigenvalue weighted by Gasteiger charge is 2.03. The van der Waals surface area contributed by atoms with Crippen LogP contribution in [0.1, 0.15) is 50.5 Å². The van der Waals surface area contributed by atoms with Gasteiger partial charge in [0.1, 0.15) is 5.75 Å². The average molecular weight is 300 g/mol. The Hall–Kier alpha value is -1.07. The third kappa shape index (κ3) is 8.17. The Kier molecular flexibility index (Phi) is 7.62. The van der Waals surface area contributed by atoms with Gasteiger partial charge in [0.2, 0.25) is 0 Å². The molecule has 0 aliphatic heterocycles. The lowest BCUT2D eigenvalue weighted by Gasteiger charge is -2.04. The van der Waals surface area contributed by atoms with Crippen LogP contribution in [0.4, 0.5) is 0 Å². The highest BCUT2D eigenvalue weighted by molar-refractivity contribution is 7.85. The molecule has 0 spiro atoms. The van der Waals surface area contributed by atoms with Crippen LogP contribution >= 0.6 is 0 Å². The highest BCUT2D eigenvalue weighted by Crippen LogP contribution is 2.18. The first-order valence-electron chi connectivity index (χ1n) is 7.21. The molecule has 0 aromatic heterocycles. The third-order valence-corrected chi connectivity index (χ3v) is 4.14. The van der Waals surface area contributed by atoms with E-state index in [4.69, 9.17) is 4.55 Å². The molecule has 4 nitrogen and oxygen atoms in total. The van der Waals surface area contributed by atoms with Gasteiger partial charge < -0.3 is 5.11 Å². The Labute approximate surface area is 121 Å². The summed E-state index contributed by atoms with van der Waals surface area (Å²) in [5, 5.41) is 9.61. The van der Waals surface area contributed by atoms with E-state index in [1.807, 2.05) is 18.2 Å². The smallest absolute Gasteiger partial charge is 0.264 e. The topological polar surface area (TPSA) is 74.6 Å². The normalized spacial score (nSPS) is 11.7. The van der Waals surface area contributed by atoms with Gasteiger partial charge >= 0.3 is 0 Å². The number of benzene rings is 1. The maximum atomic E-state index is 10.5. The van der Waals surface area contributed by atoms with Gasteiger partial charge in [-0.3, -0.25) is 4.55 Å². The van der Waals surface area contributed by atoms with Crippen LogP contribution in [-0.2, 0) is 16.5 Å². The van der Waals surface area contributed by atoms with E-state index in [0.29, 0.717) is 12.2 Å². The van der Waals surface area contributed by atoms with Crippen molar-refractivity contribution >= 4 is 10.1 Å². The van der Waals surface area contributed by atoms with Crippen LogP contribution < -0.4 is 0 Å². The lowest BCUT2D eigenvalue weighted by Crippen LogP contribution is -2.03. The van der Waals surface area contributed by atoms with E-state index in [1.165, 1.54) is 0 Å². The van der Waals surface area contributed by atoms with Crippen LogP contribution in [0.2, 0.25) is 0 Å². The number of phenolic OH excluding ortho intramolecular Hbond substituents is 1. The van der Waals surface area contributed by atoms with E-state index in [2.05, 4.69) is 0 Å². The Balaban J connectivity index is 1.97. The number of aromatic hydroxyl groups is 1. The van der Waals surface area contributed by atoms with Gasteiger partial charge in [-0.25, -0.2) is 0 Å². The van der Waals surface area contributed by atoms with E-state index < -0.39 is 10.1 Å². The van der Waals surface area contributed by atoms with Crippen molar-refractivity contribution in [3.63, 3.8) is 0 Å². The van der Waals surface area contributed by atoms with Crippen LogP contribution in [0.3, 0.4) is 0 Å². The molecular weight excluding hydrogens is 276 g/mol. The van der Waals surface area contributed by atoms with Crippen molar-refractivity contribution in [2.45, 2.75) is 51.4 Å². The van der Waals surface area contributed by atoms with Gasteiger partial charge in [-0.15, -0.1) is 0 Å². The molecule has 0 fully saturated rings. The monoisotopic (exact) mass is 300 g/mol. The predicted molar refractivity (Wildman–Crippen MR) is 80.5 cm³/mol. The molecule has 2 N–H and O–H groups in total. The molecule has 0 saturated heterocycles. The fraction of sp³-hybridized carbons (Fsp3) is 0.600. The van der Waals surface area contributed by atoms with Crippen molar-refractivity contribution in [1.82, 2.24) is 0 Å². The van der Waals surface area contributed by atoms with Gasteiger partial charge in [-0.1, -0.05) is 50.3 Å². The summed E-state index contributed by atoms with van der Waals surface area (Å²) in [6, 6.07) is 7.42. The van der Waals surface area contributed by atoms with Gasteiger partial charge in [-0.05, 0) is 30.9 Å². The third-order valence-electron chi connectivity index (χ3n) is 3.34. The first kappa shape index (κ1) is 17.0. The minimum absolute atomic E-state index is 0.125. The van der Waals surface area contributed by atoms with Crippen LogP contribution in [0.25, 0.3) is 0 Å². The molecule has 0 unspecified atom stereocenters. The molecule has 0 radical (unpaired) electrons. The largest absolute Gasteiger partial charge is 0.508 e. The molecule has 1 aromatic carbocycles. The minimum atomic E-state index is -3.78. The number of unbranched alkanes of at least 4 members (excludes halogenated alkanes) is 6. The van der Waals surface area contributed by atoms with Crippen molar-refractivity contribution in [1.29, 1.82) is 0 Å². The molecule has 0 aliphatic carbocycles. The predicted octanol–water partition coefficient (Wildman–Crippen LogP) is 3.55. The quantitative estimate of drug-likeness (QED) is 0.512. The van der Waals surface area contributed by atoms with Crippen molar-refractivity contribution < 1.29 is 18.1 Å². The summed E-state index contributed by atoms with van der Waals surface area (Å²) in [4.78, 5) is 0. The molecule has 114 valence electrons. The molecule has 5 heteroatoms. The Bertz CT molecular complexity index is 482. The first-order valence-corrected chi connectivity index (χ1v) is 8.82. The fourth-order valence-corrected chi connectivity index (χ4v) is 2.77. The molecule has 0 heterocycles. The number of hydrogen-bond donors (Lipinski definition) is 2. The van der Waals surface area contributed by atoms with E-state index in [9.17, 15) is 13.5 Å². The van der Waals surface area contributed by atoms with Gasteiger partial charge in [0.15, 0.2) is 0 Å². The van der Waals surface area contributed by atoms with E-state index >= 15 is 0 Å². The van der Waals surface area contributed by atoms with Crippen molar-refractivity contribution in [2.24, 2.45) is 0 Å². The van der Waals surface area contributed by atoms with Crippen molar-refractivity contribution in [3.8, 4) is 5.75 Å². The molecule has 0 aliphatic rings.